The average molecular weight is 342 g/mol. The van der Waals surface area contributed by atoms with Gasteiger partial charge in [-0.2, -0.15) is 9.49 Å². The van der Waals surface area contributed by atoms with E-state index in [9.17, 15) is 9.18 Å². The number of aryl methyl sites for hydroxylation is 1. The Hall–Kier alpha value is -1.76. The third-order valence-corrected chi connectivity index (χ3v) is 3.58. The van der Waals surface area contributed by atoms with Crippen LogP contribution in [0, 0.1) is 5.95 Å². The maximum absolute atomic E-state index is 13.7. The van der Waals surface area contributed by atoms with Crippen molar-refractivity contribution in [3.63, 3.8) is 0 Å². The molecule has 1 aliphatic rings. The summed E-state index contributed by atoms with van der Waals surface area (Å²) < 4.78 is 13.7. The number of aromatic carboxylic acids is 1. The molecule has 1 aliphatic carbocycles. The molecule has 7 heteroatoms. The highest BCUT2D eigenvalue weighted by Gasteiger charge is 2.28. The lowest BCUT2D eigenvalue weighted by atomic mass is 9.82. The van der Waals surface area contributed by atoms with E-state index in [2.05, 4.69) is 15.2 Å². The predicted molar refractivity (Wildman–Crippen MR) is 74.8 cm³/mol. The summed E-state index contributed by atoms with van der Waals surface area (Å²) >= 11 is 0. The highest BCUT2D eigenvalue weighted by Crippen LogP contribution is 2.33. The van der Waals surface area contributed by atoms with E-state index in [1.165, 1.54) is 6.20 Å². The average Bonchev–Trinajstić information content (AvgIpc) is 2.82. The second kappa shape index (κ2) is 5.70. The molecular weight excluding hydrogens is 329 g/mol. The van der Waals surface area contributed by atoms with Crippen molar-refractivity contribution in [3.8, 4) is 0 Å². The van der Waals surface area contributed by atoms with Gasteiger partial charge in [-0.15, -0.1) is 17.0 Å². The molecule has 0 aliphatic heterocycles. The number of rotatable bonds is 2. The van der Waals surface area contributed by atoms with Gasteiger partial charge in [-0.25, -0.2) is 9.78 Å². The lowest BCUT2D eigenvalue weighted by molar-refractivity contribution is 0.0689. The summed E-state index contributed by atoms with van der Waals surface area (Å²) in [4.78, 5) is 14.7. The summed E-state index contributed by atoms with van der Waals surface area (Å²) in [7, 11) is 0. The van der Waals surface area contributed by atoms with Gasteiger partial charge in [0.15, 0.2) is 5.69 Å². The molecule has 2 N–H and O–H groups in total. The summed E-state index contributed by atoms with van der Waals surface area (Å²) in [6.07, 6.45) is 3.33. The van der Waals surface area contributed by atoms with Crippen LogP contribution in [-0.2, 0) is 12.8 Å². The van der Waals surface area contributed by atoms with E-state index in [1.807, 2.05) is 0 Å². The molecule has 2 aromatic heterocycles. The van der Waals surface area contributed by atoms with Crippen LogP contribution in [0.5, 0.6) is 0 Å². The van der Waals surface area contributed by atoms with Crippen LogP contribution < -0.4 is 0 Å². The van der Waals surface area contributed by atoms with E-state index in [1.54, 1.807) is 12.1 Å². The molecule has 0 radical (unpaired) electrons. The first-order valence-corrected chi connectivity index (χ1v) is 6.06. The highest BCUT2D eigenvalue weighted by atomic mass is 79.9. The van der Waals surface area contributed by atoms with Crippen LogP contribution in [-0.4, -0.2) is 26.3 Å². The number of hydrogen-bond donors (Lipinski definition) is 2. The molecule has 0 fully saturated rings. The van der Waals surface area contributed by atoms with E-state index in [0.29, 0.717) is 24.0 Å². The Labute approximate surface area is 125 Å². The van der Waals surface area contributed by atoms with E-state index in [-0.39, 0.29) is 28.6 Å². The number of aromatic nitrogens is 3. The van der Waals surface area contributed by atoms with Crippen molar-refractivity contribution in [2.24, 2.45) is 0 Å². The predicted octanol–water partition coefficient (Wildman–Crippen LogP) is 2.49. The zero-order valence-corrected chi connectivity index (χ0v) is 12.2. The summed E-state index contributed by atoms with van der Waals surface area (Å²) in [6.45, 7) is 0. The Morgan fingerprint density at radius 2 is 2.30 bits per heavy atom. The van der Waals surface area contributed by atoms with Crippen molar-refractivity contribution < 1.29 is 14.3 Å². The third-order valence-electron chi connectivity index (χ3n) is 3.58. The zero-order valence-electron chi connectivity index (χ0n) is 10.5. The summed E-state index contributed by atoms with van der Waals surface area (Å²) in [5, 5.41) is 15.6. The van der Waals surface area contributed by atoms with E-state index >= 15 is 0 Å². The normalized spacial score (nSPS) is 17.1. The molecule has 0 bridgehead atoms. The first-order valence-electron chi connectivity index (χ1n) is 6.06. The van der Waals surface area contributed by atoms with E-state index in [4.69, 9.17) is 5.11 Å². The topological polar surface area (TPSA) is 78.9 Å². The van der Waals surface area contributed by atoms with Gasteiger partial charge in [-0.1, -0.05) is 6.07 Å². The molecular formula is C13H13BrFN3O2. The fraction of sp³-hybridized carbons (Fsp3) is 0.308. The zero-order chi connectivity index (χ0) is 13.4. The van der Waals surface area contributed by atoms with E-state index in [0.717, 1.165) is 12.1 Å². The van der Waals surface area contributed by atoms with Gasteiger partial charge >= 0.3 is 5.97 Å². The number of nitrogens with zero attached hydrogens (tertiary/aromatic N) is 2. The van der Waals surface area contributed by atoms with Crippen LogP contribution >= 0.6 is 17.0 Å². The van der Waals surface area contributed by atoms with Crippen molar-refractivity contribution in [2.75, 3.05) is 0 Å². The third kappa shape index (κ3) is 2.45. The van der Waals surface area contributed by atoms with Crippen LogP contribution in [0.4, 0.5) is 4.39 Å². The number of halogens is 2. The number of H-pyrrole nitrogens is 1. The van der Waals surface area contributed by atoms with E-state index < -0.39 is 11.9 Å². The Balaban J connectivity index is 0.00000147. The summed E-state index contributed by atoms with van der Waals surface area (Å²) in [5.41, 5.74) is 2.12. The van der Waals surface area contributed by atoms with Crippen LogP contribution in [0.2, 0.25) is 0 Å². The molecule has 0 amide bonds. The van der Waals surface area contributed by atoms with Gasteiger partial charge in [-0.05, 0) is 31.2 Å². The number of nitrogens with one attached hydrogen (secondary N) is 1. The van der Waals surface area contributed by atoms with Crippen molar-refractivity contribution in [2.45, 2.75) is 25.2 Å². The molecule has 2 heterocycles. The highest BCUT2D eigenvalue weighted by molar-refractivity contribution is 8.93. The molecule has 1 atom stereocenters. The first kappa shape index (κ1) is 14.6. The lowest BCUT2D eigenvalue weighted by Gasteiger charge is -2.22. The van der Waals surface area contributed by atoms with Crippen molar-refractivity contribution in [1.82, 2.24) is 15.2 Å². The van der Waals surface area contributed by atoms with Gasteiger partial charge in [0.2, 0.25) is 5.95 Å². The number of aromatic amines is 1. The Kier molecular flexibility index (Phi) is 4.17. The monoisotopic (exact) mass is 341 g/mol. The fourth-order valence-electron chi connectivity index (χ4n) is 2.64. The standard InChI is InChI=1S/C13H12FN3O2.BrH/c14-12-8(2-1-5-15-12)7-3-4-10-9(6-7)11(13(18)19)17-16-10;/h1-2,5,7H,3-4,6H2,(H,16,17)(H,18,19);1H. The summed E-state index contributed by atoms with van der Waals surface area (Å²) in [5.74, 6) is -1.57. The molecule has 1 unspecified atom stereocenters. The SMILES string of the molecule is Br.O=C(O)c1n[nH]c2c1CC(c1cccnc1F)CC2. The second-order valence-electron chi connectivity index (χ2n) is 4.66. The van der Waals surface area contributed by atoms with Gasteiger partial charge < -0.3 is 5.11 Å². The molecule has 0 aromatic carbocycles. The van der Waals surface area contributed by atoms with Gasteiger partial charge in [0, 0.05) is 23.0 Å². The maximum Gasteiger partial charge on any atom is 0.356 e. The number of hydrogen-bond acceptors (Lipinski definition) is 3. The van der Waals surface area contributed by atoms with Crippen molar-refractivity contribution >= 4 is 23.0 Å². The second-order valence-corrected chi connectivity index (χ2v) is 4.66. The van der Waals surface area contributed by atoms with Crippen molar-refractivity contribution in [3.05, 3.63) is 46.8 Å². The molecule has 2 aromatic rings. The minimum atomic E-state index is -1.05. The Bertz CT molecular complexity index is 644. The summed E-state index contributed by atoms with van der Waals surface area (Å²) in [6, 6.07) is 3.40. The smallest absolute Gasteiger partial charge is 0.356 e. The lowest BCUT2D eigenvalue weighted by Crippen LogP contribution is -2.16. The molecule has 5 nitrogen and oxygen atoms in total. The van der Waals surface area contributed by atoms with Gasteiger partial charge in [0.25, 0.3) is 0 Å². The molecule has 106 valence electrons. The minimum absolute atomic E-state index is 0. The molecule has 0 saturated carbocycles. The van der Waals surface area contributed by atoms with Crippen LogP contribution in [0.25, 0.3) is 0 Å². The first-order chi connectivity index (χ1) is 9.16. The molecule has 3 rings (SSSR count). The molecule has 0 spiro atoms. The largest absolute Gasteiger partial charge is 0.476 e. The molecule has 20 heavy (non-hydrogen) atoms. The fourth-order valence-corrected chi connectivity index (χ4v) is 2.64. The van der Waals surface area contributed by atoms with Crippen LogP contribution in [0.3, 0.4) is 0 Å². The maximum atomic E-state index is 13.7. The van der Waals surface area contributed by atoms with Crippen LogP contribution in [0.1, 0.15) is 39.6 Å². The number of pyridine rings is 1. The Morgan fingerprint density at radius 1 is 1.50 bits per heavy atom. The van der Waals surface area contributed by atoms with Gasteiger partial charge in [0.1, 0.15) is 0 Å². The quantitative estimate of drug-likeness (QED) is 0.822. The number of carboxylic acid groups (broad SMARTS) is 1. The minimum Gasteiger partial charge on any atom is -0.476 e. The number of carboxylic acids is 1. The van der Waals surface area contributed by atoms with Crippen LogP contribution in [0.15, 0.2) is 18.3 Å². The number of carbonyl (C=O) groups is 1. The molecule has 0 saturated heterocycles. The van der Waals surface area contributed by atoms with Crippen molar-refractivity contribution in [1.29, 1.82) is 0 Å². The Morgan fingerprint density at radius 3 is 3.00 bits per heavy atom. The van der Waals surface area contributed by atoms with Gasteiger partial charge in [0.05, 0.1) is 0 Å². The number of fused-ring (bicyclic) bond motifs is 1. The van der Waals surface area contributed by atoms with Gasteiger partial charge in [-0.3, -0.25) is 5.10 Å².